The summed E-state index contributed by atoms with van der Waals surface area (Å²) in [6.07, 6.45) is 5.01. The zero-order valence-corrected chi connectivity index (χ0v) is 14.4. The predicted molar refractivity (Wildman–Crippen MR) is 88.9 cm³/mol. The minimum absolute atomic E-state index is 0.0309. The quantitative estimate of drug-likeness (QED) is 0.567. The van der Waals surface area contributed by atoms with Gasteiger partial charge in [0.05, 0.1) is 21.4 Å². The van der Waals surface area contributed by atoms with E-state index in [0.29, 0.717) is 15.6 Å². The van der Waals surface area contributed by atoms with E-state index in [4.69, 9.17) is 11.6 Å². The van der Waals surface area contributed by atoms with E-state index in [1.165, 1.54) is 18.2 Å². The topological polar surface area (TPSA) is 75.0 Å². The molecule has 0 saturated carbocycles. The number of aromatic carboxylic acids is 1. The normalized spacial score (nSPS) is 11.3. The third-order valence-electron chi connectivity index (χ3n) is 3.28. The summed E-state index contributed by atoms with van der Waals surface area (Å²) in [5.41, 5.74) is 1.45. The fraction of sp³-hybridized carbons (Fsp3) is 0.312. The number of thiophene rings is 1. The van der Waals surface area contributed by atoms with Gasteiger partial charge in [0.25, 0.3) is 0 Å². The molecular weight excluding hydrogens is 336 g/mol. The Morgan fingerprint density at radius 1 is 1.39 bits per heavy atom. The molecule has 0 aliphatic rings. The highest BCUT2D eigenvalue weighted by Gasteiger charge is 2.12. The van der Waals surface area contributed by atoms with Crippen molar-refractivity contribution in [3.63, 3.8) is 0 Å². The van der Waals surface area contributed by atoms with E-state index in [1.807, 2.05) is 6.92 Å². The molecule has 0 aliphatic carbocycles. The van der Waals surface area contributed by atoms with Gasteiger partial charge in [-0.05, 0) is 37.6 Å². The van der Waals surface area contributed by atoms with Crippen molar-refractivity contribution in [3.8, 4) is 0 Å². The molecule has 0 unspecified atom stereocenters. The smallest absolute Gasteiger partial charge is 0.195 e. The number of halogens is 1. The van der Waals surface area contributed by atoms with Gasteiger partial charge in [0.1, 0.15) is 5.15 Å². The van der Waals surface area contributed by atoms with Gasteiger partial charge in [-0.2, -0.15) is 5.10 Å². The third-order valence-corrected chi connectivity index (χ3v) is 4.76. The van der Waals surface area contributed by atoms with Gasteiger partial charge in [0.15, 0.2) is 5.78 Å². The average molecular weight is 352 g/mol. The molecule has 0 bridgehead atoms. The first-order chi connectivity index (χ1) is 10.9. The van der Waals surface area contributed by atoms with Crippen LogP contribution in [0.5, 0.6) is 0 Å². The predicted octanol–water partition coefficient (Wildman–Crippen LogP) is 2.97. The zero-order chi connectivity index (χ0) is 17.0. The number of carboxylic acid groups (broad SMARTS) is 1. The number of rotatable bonds is 7. The molecule has 2 rings (SSSR count). The van der Waals surface area contributed by atoms with Crippen LogP contribution in [0, 0.1) is 6.92 Å². The van der Waals surface area contributed by atoms with Gasteiger partial charge in [-0.1, -0.05) is 24.9 Å². The molecule has 23 heavy (non-hydrogen) atoms. The summed E-state index contributed by atoms with van der Waals surface area (Å²) in [5.74, 6) is -1.56. The second kappa shape index (κ2) is 7.57. The lowest BCUT2D eigenvalue weighted by Crippen LogP contribution is -2.20. The first-order valence-electron chi connectivity index (χ1n) is 7.20. The Hall–Kier alpha value is -1.92. The fourth-order valence-corrected chi connectivity index (χ4v) is 3.12. The molecule has 2 heterocycles. The van der Waals surface area contributed by atoms with Gasteiger partial charge in [-0.15, -0.1) is 11.3 Å². The number of carboxylic acids is 1. The standard InChI is InChI=1S/C16H17ClN2O3S/c1-3-4-9-19-15(17)11(10(2)18-19)5-6-12(20)13-7-8-14(23-13)16(21)22/h5-8H,3-4,9H2,1-2H3,(H,21,22)/p-1/b6-5+. The fourth-order valence-electron chi connectivity index (χ4n) is 2.03. The zero-order valence-electron chi connectivity index (χ0n) is 12.8. The van der Waals surface area contributed by atoms with Crippen LogP contribution in [0.1, 0.15) is 50.4 Å². The SMILES string of the molecule is CCCCn1nc(C)c(/C=C/C(=O)c2ccc(C(=O)[O-])s2)c1Cl. The number of hydrogen-bond acceptors (Lipinski definition) is 5. The maximum atomic E-state index is 12.1. The van der Waals surface area contributed by atoms with Crippen LogP contribution in [-0.2, 0) is 6.54 Å². The minimum atomic E-state index is -1.28. The molecule has 0 N–H and O–H groups in total. The van der Waals surface area contributed by atoms with Crippen molar-refractivity contribution in [2.45, 2.75) is 33.2 Å². The van der Waals surface area contributed by atoms with Gasteiger partial charge < -0.3 is 9.90 Å². The van der Waals surface area contributed by atoms with Crippen LogP contribution in [-0.4, -0.2) is 21.5 Å². The maximum absolute atomic E-state index is 12.1. The number of ketones is 1. The van der Waals surface area contributed by atoms with Crippen molar-refractivity contribution < 1.29 is 14.7 Å². The molecule has 122 valence electrons. The van der Waals surface area contributed by atoms with E-state index in [0.717, 1.165) is 36.4 Å². The summed E-state index contributed by atoms with van der Waals surface area (Å²) in [4.78, 5) is 23.2. The number of carbonyl (C=O) groups is 2. The summed E-state index contributed by atoms with van der Waals surface area (Å²) >= 11 is 7.19. The highest BCUT2D eigenvalue weighted by atomic mass is 35.5. The van der Waals surface area contributed by atoms with Crippen molar-refractivity contribution in [1.82, 2.24) is 9.78 Å². The molecule has 7 heteroatoms. The monoisotopic (exact) mass is 351 g/mol. The Kier molecular flexibility index (Phi) is 5.74. The van der Waals surface area contributed by atoms with E-state index < -0.39 is 5.97 Å². The first-order valence-corrected chi connectivity index (χ1v) is 8.40. The Bertz CT molecular complexity index is 761. The Labute approximate surface area is 143 Å². The van der Waals surface area contributed by atoms with E-state index in [2.05, 4.69) is 12.0 Å². The van der Waals surface area contributed by atoms with E-state index in [9.17, 15) is 14.7 Å². The molecule has 0 aromatic carbocycles. The summed E-state index contributed by atoms with van der Waals surface area (Å²) in [6.45, 7) is 4.65. The molecule has 2 aromatic rings. The number of carbonyl (C=O) groups excluding carboxylic acids is 2. The molecule has 0 atom stereocenters. The maximum Gasteiger partial charge on any atom is 0.195 e. The summed E-state index contributed by atoms with van der Waals surface area (Å²) in [7, 11) is 0. The first kappa shape index (κ1) is 17.4. The second-order valence-corrected chi connectivity index (χ2v) is 6.46. The Morgan fingerprint density at radius 2 is 2.09 bits per heavy atom. The third kappa shape index (κ3) is 4.09. The molecule has 2 aromatic heterocycles. The number of unbranched alkanes of at least 4 members (excludes halogenated alkanes) is 1. The van der Waals surface area contributed by atoms with E-state index in [-0.39, 0.29) is 10.7 Å². The van der Waals surface area contributed by atoms with Gasteiger partial charge >= 0.3 is 0 Å². The summed E-state index contributed by atoms with van der Waals surface area (Å²) in [6, 6.07) is 2.84. The van der Waals surface area contributed by atoms with Crippen molar-refractivity contribution in [3.05, 3.63) is 44.4 Å². The number of aromatic nitrogens is 2. The van der Waals surface area contributed by atoms with Crippen molar-refractivity contribution in [2.24, 2.45) is 0 Å². The number of allylic oxidation sites excluding steroid dienone is 1. The molecule has 5 nitrogen and oxygen atoms in total. The van der Waals surface area contributed by atoms with Crippen LogP contribution in [0.25, 0.3) is 6.08 Å². The number of aryl methyl sites for hydroxylation is 2. The molecular formula is C16H16ClN2O3S-. The van der Waals surface area contributed by atoms with E-state index >= 15 is 0 Å². The van der Waals surface area contributed by atoms with Gasteiger partial charge in [0, 0.05) is 12.1 Å². The van der Waals surface area contributed by atoms with Crippen LogP contribution >= 0.6 is 22.9 Å². The van der Waals surface area contributed by atoms with Crippen molar-refractivity contribution in [1.29, 1.82) is 0 Å². The summed E-state index contributed by atoms with van der Waals surface area (Å²) < 4.78 is 1.73. The van der Waals surface area contributed by atoms with Crippen LogP contribution in [0.4, 0.5) is 0 Å². The highest BCUT2D eigenvalue weighted by molar-refractivity contribution is 7.16. The van der Waals surface area contributed by atoms with Crippen LogP contribution in [0.3, 0.4) is 0 Å². The lowest BCUT2D eigenvalue weighted by atomic mass is 10.2. The van der Waals surface area contributed by atoms with Crippen LogP contribution in [0.15, 0.2) is 18.2 Å². The Morgan fingerprint density at radius 3 is 2.70 bits per heavy atom. The molecule has 0 spiro atoms. The summed E-state index contributed by atoms with van der Waals surface area (Å²) in [5, 5.41) is 15.6. The molecule has 0 radical (unpaired) electrons. The minimum Gasteiger partial charge on any atom is -0.544 e. The molecule has 0 saturated heterocycles. The molecule has 0 fully saturated rings. The lowest BCUT2D eigenvalue weighted by molar-refractivity contribution is -0.254. The molecule has 0 amide bonds. The largest absolute Gasteiger partial charge is 0.544 e. The van der Waals surface area contributed by atoms with Crippen molar-refractivity contribution >= 4 is 40.8 Å². The number of nitrogens with zero attached hydrogens (tertiary/aromatic N) is 2. The van der Waals surface area contributed by atoms with Crippen molar-refractivity contribution in [2.75, 3.05) is 0 Å². The molecule has 0 aliphatic heterocycles. The second-order valence-electron chi connectivity index (χ2n) is 5.02. The lowest BCUT2D eigenvalue weighted by Gasteiger charge is -2.00. The highest BCUT2D eigenvalue weighted by Crippen LogP contribution is 2.23. The van der Waals surface area contributed by atoms with Crippen LogP contribution < -0.4 is 5.11 Å². The van der Waals surface area contributed by atoms with Gasteiger partial charge in [-0.3, -0.25) is 9.48 Å². The van der Waals surface area contributed by atoms with E-state index in [1.54, 1.807) is 10.8 Å². The van der Waals surface area contributed by atoms with Crippen LogP contribution in [0.2, 0.25) is 5.15 Å². The number of hydrogen-bond donors (Lipinski definition) is 0. The van der Waals surface area contributed by atoms with Gasteiger partial charge in [0.2, 0.25) is 0 Å². The van der Waals surface area contributed by atoms with Gasteiger partial charge in [-0.25, -0.2) is 0 Å². The Balaban J connectivity index is 2.17. The average Bonchev–Trinajstić information content (AvgIpc) is 3.09.